The van der Waals surface area contributed by atoms with Crippen LogP contribution in [0.2, 0.25) is 0 Å². The smallest absolute Gasteiger partial charge is 0.123 e. The highest BCUT2D eigenvalue weighted by molar-refractivity contribution is 5.57. The van der Waals surface area contributed by atoms with Crippen LogP contribution in [-0.4, -0.2) is 56.6 Å². The van der Waals surface area contributed by atoms with Crippen LogP contribution in [0.3, 0.4) is 0 Å². The standard InChI is InChI=1S/C22H27NO6/c23-16-9-17(25)15(22-21(28)20(27)19(26)18(10-24)29-22)8-14(16)7-11-1-3-12(4-2-11)13-5-6-13/h1-4,8-9,13,18-22,24-28H,5-7,10,23H2/t18-,19-,20+,21-,22+/m1/s1. The summed E-state index contributed by atoms with van der Waals surface area (Å²) >= 11 is 0. The first-order valence-corrected chi connectivity index (χ1v) is 9.89. The van der Waals surface area contributed by atoms with Crippen LogP contribution in [-0.2, 0) is 11.2 Å². The van der Waals surface area contributed by atoms with Crippen molar-refractivity contribution < 1.29 is 30.3 Å². The van der Waals surface area contributed by atoms with Gasteiger partial charge in [-0.15, -0.1) is 0 Å². The molecular weight excluding hydrogens is 374 g/mol. The number of nitrogens with two attached hydrogens (primary N) is 1. The molecule has 7 nitrogen and oxygen atoms in total. The molecule has 4 rings (SSSR count). The number of phenols is 1. The monoisotopic (exact) mass is 401 g/mol. The Morgan fingerprint density at radius 2 is 1.66 bits per heavy atom. The minimum Gasteiger partial charge on any atom is -0.507 e. The predicted octanol–water partition coefficient (Wildman–Crippen LogP) is 0.957. The molecule has 0 spiro atoms. The van der Waals surface area contributed by atoms with E-state index in [9.17, 15) is 25.5 Å². The number of rotatable bonds is 5. The van der Waals surface area contributed by atoms with E-state index in [2.05, 4.69) is 24.3 Å². The van der Waals surface area contributed by atoms with Gasteiger partial charge < -0.3 is 36.0 Å². The molecule has 1 heterocycles. The van der Waals surface area contributed by atoms with Crippen molar-refractivity contribution in [2.45, 2.75) is 55.7 Å². The summed E-state index contributed by atoms with van der Waals surface area (Å²) in [6.07, 6.45) is -3.57. The van der Waals surface area contributed by atoms with E-state index in [1.54, 1.807) is 6.07 Å². The van der Waals surface area contributed by atoms with Crippen molar-refractivity contribution in [2.24, 2.45) is 0 Å². The van der Waals surface area contributed by atoms with Gasteiger partial charge in [0.15, 0.2) is 0 Å². The Morgan fingerprint density at radius 3 is 2.28 bits per heavy atom. The fourth-order valence-corrected chi connectivity index (χ4v) is 3.95. The Labute approximate surface area is 169 Å². The topological polar surface area (TPSA) is 136 Å². The van der Waals surface area contributed by atoms with E-state index in [0.717, 1.165) is 11.1 Å². The van der Waals surface area contributed by atoms with Gasteiger partial charge in [0.2, 0.25) is 0 Å². The van der Waals surface area contributed by atoms with Crippen molar-refractivity contribution in [1.82, 2.24) is 0 Å². The van der Waals surface area contributed by atoms with Crippen molar-refractivity contribution in [3.05, 3.63) is 58.7 Å². The molecule has 0 unspecified atom stereocenters. The molecule has 2 aromatic carbocycles. The summed E-state index contributed by atoms with van der Waals surface area (Å²) in [5.74, 6) is 0.500. The predicted molar refractivity (Wildman–Crippen MR) is 106 cm³/mol. The van der Waals surface area contributed by atoms with Gasteiger partial charge in [0.25, 0.3) is 0 Å². The first kappa shape index (κ1) is 20.1. The highest BCUT2D eigenvalue weighted by atomic mass is 16.5. The zero-order valence-electron chi connectivity index (χ0n) is 16.0. The van der Waals surface area contributed by atoms with Crippen LogP contribution in [0, 0.1) is 0 Å². The van der Waals surface area contributed by atoms with Gasteiger partial charge in [0.05, 0.1) is 6.61 Å². The molecule has 7 heteroatoms. The van der Waals surface area contributed by atoms with Gasteiger partial charge in [0.1, 0.15) is 36.3 Å². The number of aliphatic hydroxyl groups excluding tert-OH is 4. The summed E-state index contributed by atoms with van der Waals surface area (Å²) in [5, 5.41) is 50.2. The molecule has 0 bridgehead atoms. The molecule has 0 aromatic heterocycles. The highest BCUT2D eigenvalue weighted by Crippen LogP contribution is 2.41. The Bertz CT molecular complexity index is 864. The zero-order valence-corrected chi connectivity index (χ0v) is 16.0. The second kappa shape index (κ2) is 7.93. The number of hydrogen-bond donors (Lipinski definition) is 6. The molecule has 2 aliphatic rings. The summed E-state index contributed by atoms with van der Waals surface area (Å²) < 4.78 is 5.58. The molecule has 29 heavy (non-hydrogen) atoms. The summed E-state index contributed by atoms with van der Waals surface area (Å²) in [4.78, 5) is 0. The molecule has 7 N–H and O–H groups in total. The molecule has 2 fully saturated rings. The third-order valence-electron chi connectivity index (χ3n) is 5.91. The molecule has 5 atom stereocenters. The maximum atomic E-state index is 10.4. The number of ether oxygens (including phenoxy) is 1. The molecule has 0 radical (unpaired) electrons. The van der Waals surface area contributed by atoms with E-state index in [1.165, 1.54) is 24.5 Å². The molecule has 1 aliphatic carbocycles. The number of anilines is 1. The number of nitrogen functional groups attached to an aromatic ring is 1. The second-order valence-corrected chi connectivity index (χ2v) is 8.05. The third-order valence-corrected chi connectivity index (χ3v) is 5.91. The van der Waals surface area contributed by atoms with Crippen molar-refractivity contribution in [2.75, 3.05) is 12.3 Å². The largest absolute Gasteiger partial charge is 0.507 e. The van der Waals surface area contributed by atoms with Crippen LogP contribution < -0.4 is 5.73 Å². The zero-order chi connectivity index (χ0) is 20.7. The summed E-state index contributed by atoms with van der Waals surface area (Å²) in [6, 6.07) is 11.4. The van der Waals surface area contributed by atoms with E-state index in [4.69, 9.17) is 10.5 Å². The van der Waals surface area contributed by atoms with Crippen LogP contribution in [0.4, 0.5) is 5.69 Å². The second-order valence-electron chi connectivity index (χ2n) is 8.05. The lowest BCUT2D eigenvalue weighted by Crippen LogP contribution is -2.55. The minimum atomic E-state index is -1.51. The number of aromatic hydroxyl groups is 1. The average Bonchev–Trinajstić information content (AvgIpc) is 3.55. The van der Waals surface area contributed by atoms with Gasteiger partial charge >= 0.3 is 0 Å². The van der Waals surface area contributed by atoms with Crippen molar-refractivity contribution in [3.63, 3.8) is 0 Å². The van der Waals surface area contributed by atoms with E-state index in [-0.39, 0.29) is 11.3 Å². The first-order valence-electron chi connectivity index (χ1n) is 9.89. The first-order chi connectivity index (χ1) is 13.9. The Hall–Kier alpha value is -2.16. The summed E-state index contributed by atoms with van der Waals surface area (Å²) in [5.41, 5.74) is 9.90. The van der Waals surface area contributed by atoms with Crippen LogP contribution in [0.5, 0.6) is 5.75 Å². The minimum absolute atomic E-state index is 0.181. The molecule has 2 aromatic rings. The molecule has 1 aliphatic heterocycles. The van der Waals surface area contributed by atoms with Crippen LogP contribution in [0.1, 0.15) is 47.1 Å². The molecule has 0 amide bonds. The van der Waals surface area contributed by atoms with E-state index < -0.39 is 37.1 Å². The maximum Gasteiger partial charge on any atom is 0.123 e. The Kier molecular flexibility index (Phi) is 5.50. The molecule has 1 saturated heterocycles. The SMILES string of the molecule is Nc1cc(O)c([C@@H]2O[C@H](CO)[C@@H](O)[C@H](O)[C@H]2O)cc1Cc1ccc(C2CC2)cc1. The number of phenolic OH excluding ortho intramolecular Hbond substituents is 1. The van der Waals surface area contributed by atoms with Crippen molar-refractivity contribution in [3.8, 4) is 5.75 Å². The van der Waals surface area contributed by atoms with E-state index in [0.29, 0.717) is 18.0 Å². The fraction of sp³-hybridized carbons (Fsp3) is 0.455. The van der Waals surface area contributed by atoms with Crippen LogP contribution in [0.25, 0.3) is 0 Å². The lowest BCUT2D eigenvalue weighted by atomic mass is 9.89. The maximum absolute atomic E-state index is 10.4. The van der Waals surface area contributed by atoms with Gasteiger partial charge in [-0.25, -0.2) is 0 Å². The molecule has 1 saturated carbocycles. The van der Waals surface area contributed by atoms with Gasteiger partial charge in [-0.1, -0.05) is 24.3 Å². The van der Waals surface area contributed by atoms with Gasteiger partial charge in [-0.05, 0) is 47.9 Å². The fourth-order valence-electron chi connectivity index (χ4n) is 3.95. The van der Waals surface area contributed by atoms with Crippen LogP contribution >= 0.6 is 0 Å². The molecule has 156 valence electrons. The number of benzene rings is 2. The number of hydrogen-bond acceptors (Lipinski definition) is 7. The van der Waals surface area contributed by atoms with Gasteiger partial charge in [0, 0.05) is 17.3 Å². The third kappa shape index (κ3) is 3.97. The van der Waals surface area contributed by atoms with Gasteiger partial charge in [-0.3, -0.25) is 0 Å². The average molecular weight is 401 g/mol. The number of aliphatic hydroxyl groups is 4. The summed E-state index contributed by atoms with van der Waals surface area (Å²) in [7, 11) is 0. The normalized spacial score (nSPS) is 29.7. The Morgan fingerprint density at radius 1 is 0.966 bits per heavy atom. The lowest BCUT2D eigenvalue weighted by Gasteiger charge is -2.40. The van der Waals surface area contributed by atoms with Gasteiger partial charge in [-0.2, -0.15) is 0 Å². The van der Waals surface area contributed by atoms with Crippen molar-refractivity contribution in [1.29, 1.82) is 0 Å². The van der Waals surface area contributed by atoms with Crippen molar-refractivity contribution >= 4 is 5.69 Å². The quantitative estimate of drug-likeness (QED) is 0.411. The van der Waals surface area contributed by atoms with E-state index in [1.807, 2.05) is 0 Å². The Balaban J connectivity index is 1.61. The highest BCUT2D eigenvalue weighted by Gasteiger charge is 2.44. The summed E-state index contributed by atoms with van der Waals surface area (Å²) in [6.45, 7) is -0.530. The lowest BCUT2D eigenvalue weighted by molar-refractivity contribution is -0.232. The van der Waals surface area contributed by atoms with Crippen LogP contribution in [0.15, 0.2) is 36.4 Å². The molecular formula is C22H27NO6. The van der Waals surface area contributed by atoms with E-state index >= 15 is 0 Å².